The first-order valence-electron chi connectivity index (χ1n) is 11.3. The van der Waals surface area contributed by atoms with E-state index >= 15 is 0 Å². The number of rotatable bonds is 6. The highest BCUT2D eigenvalue weighted by atomic mass is 32.2. The van der Waals surface area contributed by atoms with E-state index in [0.29, 0.717) is 37.9 Å². The van der Waals surface area contributed by atoms with Gasteiger partial charge in [0.05, 0.1) is 17.5 Å². The maximum Gasteiger partial charge on any atom is 0.331 e. The molecule has 2 aliphatic rings. The van der Waals surface area contributed by atoms with E-state index in [0.717, 1.165) is 34.7 Å². The van der Waals surface area contributed by atoms with Gasteiger partial charge < -0.3 is 10.6 Å². The molecule has 180 valence electrons. The molecule has 1 heterocycles. The molecule has 1 fully saturated rings. The van der Waals surface area contributed by atoms with Crippen molar-refractivity contribution in [3.05, 3.63) is 41.0 Å². The molecule has 10 heteroatoms. The number of sulfonamides is 1. The Hall–Kier alpha value is -2.88. The van der Waals surface area contributed by atoms with Crippen molar-refractivity contribution in [1.29, 1.82) is 0 Å². The van der Waals surface area contributed by atoms with Crippen LogP contribution in [0.5, 0.6) is 0 Å². The Balaban J connectivity index is 1.62. The average molecular weight is 477 g/mol. The molecule has 1 aromatic carbocycles. The minimum Gasteiger partial charge on any atom is -0.340 e. The normalized spacial score (nSPS) is 17.3. The molecule has 1 aromatic rings. The molecule has 0 saturated heterocycles. The highest BCUT2D eigenvalue weighted by Gasteiger charge is 2.36. The van der Waals surface area contributed by atoms with Gasteiger partial charge in [-0.1, -0.05) is 31.4 Å². The first-order chi connectivity index (χ1) is 15.7. The Morgan fingerprint density at radius 1 is 1.09 bits per heavy atom. The highest BCUT2D eigenvalue weighted by molar-refractivity contribution is 7.89. The van der Waals surface area contributed by atoms with E-state index in [-0.39, 0.29) is 16.8 Å². The predicted molar refractivity (Wildman–Crippen MR) is 124 cm³/mol. The maximum atomic E-state index is 13.2. The Labute approximate surface area is 195 Å². The van der Waals surface area contributed by atoms with Crippen molar-refractivity contribution in [1.82, 2.24) is 19.8 Å². The monoisotopic (exact) mass is 476 g/mol. The van der Waals surface area contributed by atoms with Gasteiger partial charge >= 0.3 is 12.1 Å². The van der Waals surface area contributed by atoms with Gasteiger partial charge in [-0.25, -0.2) is 22.3 Å². The molecule has 3 rings (SSSR count). The smallest absolute Gasteiger partial charge is 0.331 e. The Morgan fingerprint density at radius 3 is 2.27 bits per heavy atom. The van der Waals surface area contributed by atoms with Crippen molar-refractivity contribution < 1.29 is 22.8 Å². The summed E-state index contributed by atoms with van der Waals surface area (Å²) in [7, 11) is -2.56. The van der Waals surface area contributed by atoms with Gasteiger partial charge in [0, 0.05) is 19.2 Å². The van der Waals surface area contributed by atoms with Gasteiger partial charge in [-0.05, 0) is 56.4 Å². The van der Waals surface area contributed by atoms with Crippen LogP contribution >= 0.6 is 0 Å². The van der Waals surface area contributed by atoms with Crippen LogP contribution in [0.25, 0.3) is 0 Å². The number of nitrogens with one attached hydrogen (secondary N) is 2. The molecule has 1 saturated carbocycles. The van der Waals surface area contributed by atoms with Crippen LogP contribution in [-0.2, 0) is 21.2 Å². The molecule has 2 N–H and O–H groups in total. The number of imide groups is 1. The van der Waals surface area contributed by atoms with Crippen LogP contribution in [0.4, 0.5) is 9.59 Å². The second-order valence-electron chi connectivity index (χ2n) is 8.57. The van der Waals surface area contributed by atoms with E-state index in [1.807, 2.05) is 6.92 Å². The van der Waals surface area contributed by atoms with Crippen LogP contribution in [0.1, 0.15) is 51.5 Å². The third-order valence-electron chi connectivity index (χ3n) is 6.34. The molecule has 1 aliphatic carbocycles. The van der Waals surface area contributed by atoms with Crippen molar-refractivity contribution in [3.63, 3.8) is 0 Å². The van der Waals surface area contributed by atoms with E-state index in [1.54, 1.807) is 19.1 Å². The van der Waals surface area contributed by atoms with Crippen molar-refractivity contribution in [2.75, 3.05) is 20.1 Å². The molecule has 0 unspecified atom stereocenters. The van der Waals surface area contributed by atoms with Crippen LogP contribution in [0.15, 0.2) is 40.3 Å². The van der Waals surface area contributed by atoms with Crippen LogP contribution < -0.4 is 10.6 Å². The summed E-state index contributed by atoms with van der Waals surface area (Å²) in [6, 6.07) is 4.94. The standard InChI is InChI=1S/C23H32N4O5S/c1-16-15-26(21(28)17(16)2)23(30)25-14-13-18-9-11-20(12-10-18)33(31,32)27(22(29)24-3)19-7-5-4-6-8-19/h9-12,19H,4-8,13-15H2,1-3H3,(H,24,29)(H,25,30). The van der Waals surface area contributed by atoms with Gasteiger partial charge in [-0.3, -0.25) is 9.69 Å². The van der Waals surface area contributed by atoms with Crippen LogP contribution in [0.3, 0.4) is 0 Å². The van der Waals surface area contributed by atoms with Gasteiger partial charge in [0.1, 0.15) is 0 Å². The molecule has 33 heavy (non-hydrogen) atoms. The lowest BCUT2D eigenvalue weighted by atomic mass is 9.96. The molecular weight excluding hydrogens is 444 g/mol. The van der Waals surface area contributed by atoms with E-state index in [2.05, 4.69) is 10.6 Å². The Morgan fingerprint density at radius 2 is 1.73 bits per heavy atom. The zero-order valence-corrected chi connectivity index (χ0v) is 20.2. The maximum absolute atomic E-state index is 13.2. The number of hydrogen-bond donors (Lipinski definition) is 2. The number of urea groups is 2. The average Bonchev–Trinajstić information content (AvgIpc) is 3.07. The van der Waals surface area contributed by atoms with Gasteiger partial charge in [-0.2, -0.15) is 0 Å². The molecular formula is C23H32N4O5S. The third kappa shape index (κ3) is 5.38. The summed E-state index contributed by atoms with van der Waals surface area (Å²) >= 11 is 0. The second-order valence-corrected chi connectivity index (χ2v) is 10.4. The number of carbonyl (C=O) groups is 3. The number of hydrogen-bond acceptors (Lipinski definition) is 5. The molecule has 0 atom stereocenters. The summed E-state index contributed by atoms with van der Waals surface area (Å²) in [4.78, 5) is 38.0. The second kappa shape index (κ2) is 10.4. The molecule has 5 amide bonds. The number of amides is 5. The topological polar surface area (TPSA) is 116 Å². The zero-order valence-electron chi connectivity index (χ0n) is 19.4. The van der Waals surface area contributed by atoms with Crippen LogP contribution in [-0.4, -0.2) is 61.8 Å². The van der Waals surface area contributed by atoms with Crippen molar-refractivity contribution in [2.24, 2.45) is 0 Å². The molecule has 9 nitrogen and oxygen atoms in total. The predicted octanol–water partition coefficient (Wildman–Crippen LogP) is 2.78. The lowest BCUT2D eigenvalue weighted by Crippen LogP contribution is -2.49. The minimum atomic E-state index is -3.99. The molecule has 0 radical (unpaired) electrons. The third-order valence-corrected chi connectivity index (χ3v) is 8.19. The van der Waals surface area contributed by atoms with E-state index in [9.17, 15) is 22.8 Å². The van der Waals surface area contributed by atoms with Gasteiger partial charge in [-0.15, -0.1) is 0 Å². The summed E-state index contributed by atoms with van der Waals surface area (Å²) in [6.45, 7) is 4.14. The van der Waals surface area contributed by atoms with E-state index < -0.39 is 22.1 Å². The summed E-state index contributed by atoms with van der Waals surface area (Å²) in [5.41, 5.74) is 2.31. The Bertz CT molecular complexity index is 1040. The quantitative estimate of drug-likeness (QED) is 0.655. The number of nitrogens with zero attached hydrogens (tertiary/aromatic N) is 2. The van der Waals surface area contributed by atoms with E-state index in [1.165, 1.54) is 24.1 Å². The largest absolute Gasteiger partial charge is 0.340 e. The fourth-order valence-corrected chi connectivity index (χ4v) is 5.84. The lowest BCUT2D eigenvalue weighted by Gasteiger charge is -2.33. The minimum absolute atomic E-state index is 0.0594. The lowest BCUT2D eigenvalue weighted by molar-refractivity contribution is -0.122. The Kier molecular flexibility index (Phi) is 7.78. The van der Waals surface area contributed by atoms with Crippen molar-refractivity contribution >= 4 is 28.0 Å². The SMILES string of the molecule is CNC(=O)N(C1CCCCC1)S(=O)(=O)c1ccc(CCNC(=O)N2CC(C)=C(C)C2=O)cc1. The van der Waals surface area contributed by atoms with E-state index in [4.69, 9.17) is 0 Å². The molecule has 1 aliphatic heterocycles. The molecule has 0 bridgehead atoms. The number of benzene rings is 1. The van der Waals surface area contributed by atoms with Crippen LogP contribution in [0.2, 0.25) is 0 Å². The summed E-state index contributed by atoms with van der Waals surface area (Å²) in [6.07, 6.45) is 4.65. The number of carbonyl (C=O) groups excluding carboxylic acids is 3. The summed E-state index contributed by atoms with van der Waals surface area (Å²) in [5.74, 6) is -0.279. The summed E-state index contributed by atoms with van der Waals surface area (Å²) < 4.78 is 27.5. The van der Waals surface area contributed by atoms with Gasteiger partial charge in [0.25, 0.3) is 15.9 Å². The fourth-order valence-electron chi connectivity index (χ4n) is 4.22. The fraction of sp³-hybridized carbons (Fsp3) is 0.522. The zero-order chi connectivity index (χ0) is 24.2. The first kappa shape index (κ1) is 24.8. The van der Waals surface area contributed by atoms with Crippen LogP contribution in [0, 0.1) is 0 Å². The molecule has 0 aromatic heterocycles. The highest BCUT2D eigenvalue weighted by Crippen LogP contribution is 2.28. The van der Waals surface area contributed by atoms with Gasteiger partial charge in [0.15, 0.2) is 0 Å². The molecule has 0 spiro atoms. The van der Waals surface area contributed by atoms with Crippen molar-refractivity contribution in [2.45, 2.75) is 63.3 Å². The van der Waals surface area contributed by atoms with Gasteiger partial charge in [0.2, 0.25) is 0 Å². The summed E-state index contributed by atoms with van der Waals surface area (Å²) in [5, 5.41) is 5.19. The van der Waals surface area contributed by atoms with Crippen molar-refractivity contribution in [3.8, 4) is 0 Å². The first-order valence-corrected chi connectivity index (χ1v) is 12.7.